The summed E-state index contributed by atoms with van der Waals surface area (Å²) in [7, 11) is 0. The van der Waals surface area contributed by atoms with Gasteiger partial charge in [-0.3, -0.25) is 0 Å². The molecule has 0 radical (unpaired) electrons. The minimum absolute atomic E-state index is 0.00549. The lowest BCUT2D eigenvalue weighted by atomic mass is 9.91. The van der Waals surface area contributed by atoms with E-state index in [1.54, 1.807) is 6.07 Å². The van der Waals surface area contributed by atoms with Gasteiger partial charge in [-0.25, -0.2) is 0 Å². The van der Waals surface area contributed by atoms with Gasteiger partial charge in [0.2, 0.25) is 0 Å². The molecule has 2 aliphatic heterocycles. The quantitative estimate of drug-likeness (QED) is 0.929. The first kappa shape index (κ1) is 14.5. The Morgan fingerprint density at radius 2 is 2.40 bits per heavy atom. The first-order chi connectivity index (χ1) is 9.72. The molecule has 1 N–H and O–H groups in total. The van der Waals surface area contributed by atoms with Crippen molar-refractivity contribution in [2.75, 3.05) is 18.1 Å². The summed E-state index contributed by atoms with van der Waals surface area (Å²) in [5.74, 6) is 2.94. The first-order valence-electron chi connectivity index (χ1n) is 6.99. The smallest absolute Gasteiger partial charge is 0.126 e. The molecule has 3 nitrogen and oxygen atoms in total. The topological polar surface area (TPSA) is 38.7 Å². The standard InChI is InChI=1S/C15H19ClO3S/c16-13-2-1-3-14(12(13)9-17)19-11-4-6-18-15(8-11)5-7-20-10-15/h1-3,11,17H,4-10H2. The summed E-state index contributed by atoms with van der Waals surface area (Å²) in [5.41, 5.74) is 0.682. The lowest BCUT2D eigenvalue weighted by Crippen LogP contribution is -2.43. The van der Waals surface area contributed by atoms with Crippen molar-refractivity contribution in [1.82, 2.24) is 0 Å². The molecular formula is C15H19ClO3S. The summed E-state index contributed by atoms with van der Waals surface area (Å²) in [5, 5.41) is 10.00. The Balaban J connectivity index is 1.73. The van der Waals surface area contributed by atoms with Crippen molar-refractivity contribution in [1.29, 1.82) is 0 Å². The monoisotopic (exact) mass is 314 g/mol. The molecule has 3 rings (SSSR count). The fourth-order valence-electron chi connectivity index (χ4n) is 2.93. The van der Waals surface area contributed by atoms with Crippen LogP contribution in [0.5, 0.6) is 5.75 Å². The molecule has 0 aliphatic carbocycles. The van der Waals surface area contributed by atoms with Gasteiger partial charge in [0.15, 0.2) is 0 Å². The second-order valence-corrected chi connectivity index (χ2v) is 6.95. The number of hydrogen-bond acceptors (Lipinski definition) is 4. The maximum Gasteiger partial charge on any atom is 0.126 e. The van der Waals surface area contributed by atoms with Crippen LogP contribution in [0, 0.1) is 0 Å². The summed E-state index contributed by atoms with van der Waals surface area (Å²) >= 11 is 8.06. The van der Waals surface area contributed by atoms with Gasteiger partial charge in [-0.05, 0) is 24.3 Å². The molecule has 2 saturated heterocycles. The number of ether oxygens (including phenoxy) is 2. The molecule has 110 valence electrons. The molecule has 1 spiro atoms. The fourth-order valence-corrected chi connectivity index (χ4v) is 4.53. The molecule has 2 atom stereocenters. The summed E-state index contributed by atoms with van der Waals surface area (Å²) in [6.07, 6.45) is 3.08. The van der Waals surface area contributed by atoms with Crippen LogP contribution in [0.4, 0.5) is 0 Å². The van der Waals surface area contributed by atoms with Crippen LogP contribution in [0.2, 0.25) is 5.02 Å². The third-order valence-electron chi connectivity index (χ3n) is 4.04. The lowest BCUT2D eigenvalue weighted by Gasteiger charge is -2.37. The molecule has 0 amide bonds. The molecule has 1 aromatic rings. The third-order valence-corrected chi connectivity index (χ3v) is 5.62. The number of aliphatic hydroxyl groups excluding tert-OH is 1. The molecule has 2 fully saturated rings. The van der Waals surface area contributed by atoms with Gasteiger partial charge in [-0.15, -0.1) is 0 Å². The second kappa shape index (κ2) is 6.14. The maximum absolute atomic E-state index is 9.44. The van der Waals surface area contributed by atoms with E-state index in [0.717, 1.165) is 31.6 Å². The first-order valence-corrected chi connectivity index (χ1v) is 8.52. The van der Waals surface area contributed by atoms with Crippen LogP contribution in [0.1, 0.15) is 24.8 Å². The van der Waals surface area contributed by atoms with Crippen LogP contribution in [-0.4, -0.2) is 34.9 Å². The highest BCUT2D eigenvalue weighted by Crippen LogP contribution is 2.40. The van der Waals surface area contributed by atoms with Gasteiger partial charge in [0.05, 0.1) is 18.8 Å². The van der Waals surface area contributed by atoms with Crippen LogP contribution < -0.4 is 4.74 Å². The fraction of sp³-hybridized carbons (Fsp3) is 0.600. The second-order valence-electron chi connectivity index (χ2n) is 5.44. The Kier molecular flexibility index (Phi) is 4.46. The van der Waals surface area contributed by atoms with Gasteiger partial charge in [0.25, 0.3) is 0 Å². The van der Waals surface area contributed by atoms with Crippen LogP contribution >= 0.6 is 23.4 Å². The van der Waals surface area contributed by atoms with Crippen molar-refractivity contribution in [3.8, 4) is 5.75 Å². The van der Waals surface area contributed by atoms with E-state index in [1.165, 1.54) is 5.75 Å². The van der Waals surface area contributed by atoms with Crippen molar-refractivity contribution in [2.24, 2.45) is 0 Å². The van der Waals surface area contributed by atoms with Gasteiger partial charge in [0.1, 0.15) is 11.9 Å². The molecule has 2 unspecified atom stereocenters. The molecule has 2 heterocycles. The van der Waals surface area contributed by atoms with Gasteiger partial charge < -0.3 is 14.6 Å². The van der Waals surface area contributed by atoms with E-state index >= 15 is 0 Å². The highest BCUT2D eigenvalue weighted by atomic mass is 35.5. The van der Waals surface area contributed by atoms with Crippen molar-refractivity contribution >= 4 is 23.4 Å². The largest absolute Gasteiger partial charge is 0.490 e. The average molecular weight is 315 g/mol. The number of aliphatic hydroxyl groups is 1. The predicted octanol–water partition coefficient (Wildman–Crippen LogP) is 3.27. The molecule has 2 aliphatic rings. The summed E-state index contributed by atoms with van der Waals surface area (Å²) in [4.78, 5) is 0. The maximum atomic E-state index is 9.44. The number of halogens is 1. The van der Waals surface area contributed by atoms with E-state index in [4.69, 9.17) is 21.1 Å². The molecular weight excluding hydrogens is 296 g/mol. The van der Waals surface area contributed by atoms with Crippen molar-refractivity contribution < 1.29 is 14.6 Å². The van der Waals surface area contributed by atoms with Crippen LogP contribution in [-0.2, 0) is 11.3 Å². The number of benzene rings is 1. The summed E-state index contributed by atoms with van der Waals surface area (Å²) < 4.78 is 12.1. The highest BCUT2D eigenvalue weighted by Gasteiger charge is 2.41. The predicted molar refractivity (Wildman–Crippen MR) is 81.6 cm³/mol. The van der Waals surface area contributed by atoms with E-state index in [2.05, 4.69) is 0 Å². The average Bonchev–Trinajstić information content (AvgIpc) is 2.87. The number of rotatable bonds is 3. The van der Waals surface area contributed by atoms with Gasteiger partial charge in [-0.2, -0.15) is 11.8 Å². The summed E-state index contributed by atoms with van der Waals surface area (Å²) in [6, 6.07) is 5.51. The van der Waals surface area contributed by atoms with E-state index in [0.29, 0.717) is 16.3 Å². The van der Waals surface area contributed by atoms with Crippen LogP contribution in [0.25, 0.3) is 0 Å². The van der Waals surface area contributed by atoms with Gasteiger partial charge >= 0.3 is 0 Å². The molecule has 0 bridgehead atoms. The third kappa shape index (κ3) is 2.93. The van der Waals surface area contributed by atoms with Crippen LogP contribution in [0.3, 0.4) is 0 Å². The lowest BCUT2D eigenvalue weighted by molar-refractivity contribution is -0.0961. The Hall–Kier alpha value is -0.420. The number of hydrogen-bond donors (Lipinski definition) is 1. The zero-order valence-electron chi connectivity index (χ0n) is 11.3. The van der Waals surface area contributed by atoms with Crippen molar-refractivity contribution in [3.05, 3.63) is 28.8 Å². The Bertz CT molecular complexity index is 474. The zero-order valence-corrected chi connectivity index (χ0v) is 12.9. The molecule has 1 aromatic carbocycles. The zero-order chi connectivity index (χ0) is 14.0. The van der Waals surface area contributed by atoms with Crippen LogP contribution in [0.15, 0.2) is 18.2 Å². The van der Waals surface area contributed by atoms with Crippen molar-refractivity contribution in [2.45, 2.75) is 37.6 Å². The van der Waals surface area contributed by atoms with E-state index in [9.17, 15) is 5.11 Å². The Labute approximate surface area is 128 Å². The van der Waals surface area contributed by atoms with Gasteiger partial charge in [-0.1, -0.05) is 17.7 Å². The minimum Gasteiger partial charge on any atom is -0.490 e. The van der Waals surface area contributed by atoms with E-state index in [-0.39, 0.29) is 18.3 Å². The molecule has 0 saturated carbocycles. The van der Waals surface area contributed by atoms with Gasteiger partial charge in [0, 0.05) is 29.2 Å². The van der Waals surface area contributed by atoms with E-state index in [1.807, 2.05) is 23.9 Å². The van der Waals surface area contributed by atoms with Crippen molar-refractivity contribution in [3.63, 3.8) is 0 Å². The summed E-state index contributed by atoms with van der Waals surface area (Å²) in [6.45, 7) is 0.652. The molecule has 5 heteroatoms. The Morgan fingerprint density at radius 3 is 3.15 bits per heavy atom. The Morgan fingerprint density at radius 1 is 1.50 bits per heavy atom. The normalized spacial score (nSPS) is 29.8. The molecule has 20 heavy (non-hydrogen) atoms. The molecule has 0 aromatic heterocycles. The SMILES string of the molecule is OCc1c(Cl)cccc1OC1CCOC2(CCSC2)C1. The highest BCUT2D eigenvalue weighted by molar-refractivity contribution is 7.99. The minimum atomic E-state index is -0.0980. The van der Waals surface area contributed by atoms with E-state index < -0.39 is 0 Å². The number of thioether (sulfide) groups is 1.